The molecular weight excluding hydrogens is 474 g/mol. The Morgan fingerprint density at radius 2 is 1.66 bits per heavy atom. The number of rotatable bonds is 8. The Kier molecular flexibility index (Phi) is 7.95. The topological polar surface area (TPSA) is 57.6 Å². The van der Waals surface area contributed by atoms with Crippen molar-refractivity contribution in [1.82, 2.24) is 4.90 Å². The SMILES string of the molecule is Cc1ccc(C(=O)/C=C/c2ccc(C=C3CN(C(Cc4ccccc4)C(=O)O)C(=S)S3)cc2)cc1. The number of carbonyl (C=O) groups is 2. The molecule has 0 amide bonds. The molecular formula is C29H25NO3S2. The monoisotopic (exact) mass is 499 g/mol. The van der Waals surface area contributed by atoms with Gasteiger partial charge in [-0.15, -0.1) is 0 Å². The van der Waals surface area contributed by atoms with Crippen molar-refractivity contribution >= 4 is 52.2 Å². The number of allylic oxidation sites excluding steroid dienone is 1. The maximum Gasteiger partial charge on any atom is 0.326 e. The van der Waals surface area contributed by atoms with E-state index >= 15 is 0 Å². The summed E-state index contributed by atoms with van der Waals surface area (Å²) in [4.78, 5) is 27.1. The van der Waals surface area contributed by atoms with Crippen LogP contribution in [0.5, 0.6) is 0 Å². The van der Waals surface area contributed by atoms with Crippen molar-refractivity contribution in [3.05, 3.63) is 118 Å². The first kappa shape index (κ1) is 24.6. The highest BCUT2D eigenvalue weighted by Gasteiger charge is 2.33. The molecule has 35 heavy (non-hydrogen) atoms. The van der Waals surface area contributed by atoms with Crippen molar-refractivity contribution in [2.24, 2.45) is 0 Å². The van der Waals surface area contributed by atoms with Gasteiger partial charge >= 0.3 is 5.97 Å². The quantitative estimate of drug-likeness (QED) is 0.224. The highest BCUT2D eigenvalue weighted by molar-refractivity contribution is 8.25. The smallest absolute Gasteiger partial charge is 0.326 e. The lowest BCUT2D eigenvalue weighted by Gasteiger charge is -2.25. The van der Waals surface area contributed by atoms with Crippen LogP contribution in [0.25, 0.3) is 12.2 Å². The Morgan fingerprint density at radius 1 is 1.00 bits per heavy atom. The van der Waals surface area contributed by atoms with Crippen molar-refractivity contribution in [2.45, 2.75) is 19.4 Å². The summed E-state index contributed by atoms with van der Waals surface area (Å²) >= 11 is 6.95. The van der Waals surface area contributed by atoms with Crippen LogP contribution in [0.4, 0.5) is 0 Å². The summed E-state index contributed by atoms with van der Waals surface area (Å²) in [6, 6.07) is 24.3. The van der Waals surface area contributed by atoms with Gasteiger partial charge in [-0.2, -0.15) is 0 Å². The van der Waals surface area contributed by atoms with E-state index < -0.39 is 12.0 Å². The summed E-state index contributed by atoms with van der Waals surface area (Å²) < 4.78 is 0.578. The highest BCUT2D eigenvalue weighted by atomic mass is 32.2. The van der Waals surface area contributed by atoms with Gasteiger partial charge in [0.1, 0.15) is 10.4 Å². The molecule has 0 spiro atoms. The fourth-order valence-electron chi connectivity index (χ4n) is 3.79. The first-order valence-electron chi connectivity index (χ1n) is 11.2. The lowest BCUT2D eigenvalue weighted by Crippen LogP contribution is -2.42. The van der Waals surface area contributed by atoms with E-state index in [1.807, 2.05) is 91.9 Å². The van der Waals surface area contributed by atoms with E-state index in [-0.39, 0.29) is 5.78 Å². The maximum absolute atomic E-state index is 12.3. The number of carboxylic acids is 1. The second-order valence-electron chi connectivity index (χ2n) is 8.38. The second-order valence-corrected chi connectivity index (χ2v) is 10.1. The molecule has 1 atom stereocenters. The van der Waals surface area contributed by atoms with E-state index in [1.165, 1.54) is 11.8 Å². The Bertz CT molecular complexity index is 1280. The van der Waals surface area contributed by atoms with Crippen molar-refractivity contribution in [2.75, 3.05) is 6.54 Å². The molecule has 0 aliphatic carbocycles. The molecule has 0 aromatic heterocycles. The van der Waals surface area contributed by atoms with E-state index in [0.717, 1.165) is 27.2 Å². The minimum Gasteiger partial charge on any atom is -0.480 e. The van der Waals surface area contributed by atoms with Crippen molar-refractivity contribution < 1.29 is 14.7 Å². The number of hydrogen-bond acceptors (Lipinski definition) is 4. The van der Waals surface area contributed by atoms with Crippen LogP contribution in [0.3, 0.4) is 0 Å². The molecule has 1 N–H and O–H groups in total. The van der Waals surface area contributed by atoms with E-state index in [2.05, 4.69) is 0 Å². The van der Waals surface area contributed by atoms with Crippen LogP contribution in [0.1, 0.15) is 32.6 Å². The van der Waals surface area contributed by atoms with Crippen LogP contribution in [0, 0.1) is 6.92 Å². The zero-order valence-corrected chi connectivity index (χ0v) is 20.9. The van der Waals surface area contributed by atoms with Crippen LogP contribution in [-0.4, -0.2) is 38.7 Å². The van der Waals surface area contributed by atoms with Gasteiger partial charge in [0.25, 0.3) is 0 Å². The minimum atomic E-state index is -0.880. The number of ketones is 1. The molecule has 4 nitrogen and oxygen atoms in total. The molecule has 0 bridgehead atoms. The Hall–Kier alpha value is -3.48. The molecule has 6 heteroatoms. The summed E-state index contributed by atoms with van der Waals surface area (Å²) in [5.41, 5.74) is 4.68. The normalized spacial score (nSPS) is 15.6. The van der Waals surface area contributed by atoms with E-state index in [9.17, 15) is 14.7 Å². The Balaban J connectivity index is 1.41. The largest absolute Gasteiger partial charge is 0.480 e. The maximum atomic E-state index is 12.3. The van der Waals surface area contributed by atoms with Crippen LogP contribution >= 0.6 is 24.0 Å². The fourth-order valence-corrected chi connectivity index (χ4v) is 5.24. The molecule has 176 valence electrons. The van der Waals surface area contributed by atoms with Crippen LogP contribution in [0.2, 0.25) is 0 Å². The van der Waals surface area contributed by atoms with Gasteiger partial charge in [-0.1, -0.05) is 114 Å². The number of thioether (sulfide) groups is 1. The number of carbonyl (C=O) groups excluding carboxylic acids is 1. The summed E-state index contributed by atoms with van der Waals surface area (Å²) in [6.45, 7) is 2.46. The van der Waals surface area contributed by atoms with Gasteiger partial charge in [-0.25, -0.2) is 4.79 Å². The molecule has 1 fully saturated rings. The summed E-state index contributed by atoms with van der Waals surface area (Å²) in [5, 5.41) is 9.83. The van der Waals surface area contributed by atoms with Gasteiger partial charge in [0, 0.05) is 16.9 Å². The van der Waals surface area contributed by atoms with Crippen LogP contribution < -0.4 is 0 Å². The molecule has 4 rings (SSSR count). The highest BCUT2D eigenvalue weighted by Crippen LogP contribution is 2.33. The molecule has 3 aromatic carbocycles. The number of hydrogen-bond donors (Lipinski definition) is 1. The standard InChI is InChI=1S/C29H25NO3S2/c1-20-7-14-24(15-8-20)27(31)16-13-21-9-11-23(12-10-21)17-25-19-30(29(34)35-25)26(28(32)33)18-22-5-3-2-4-6-22/h2-17,26H,18-19H2,1H3,(H,32,33)/b16-13+,25-17?. The molecule has 3 aromatic rings. The zero-order valence-electron chi connectivity index (χ0n) is 19.3. The molecule has 0 saturated carbocycles. The van der Waals surface area contributed by atoms with Crippen molar-refractivity contribution in [1.29, 1.82) is 0 Å². The third kappa shape index (κ3) is 6.56. The zero-order chi connectivity index (χ0) is 24.8. The van der Waals surface area contributed by atoms with Crippen molar-refractivity contribution in [3.63, 3.8) is 0 Å². The van der Waals surface area contributed by atoms with Gasteiger partial charge in [0.2, 0.25) is 0 Å². The van der Waals surface area contributed by atoms with Gasteiger partial charge in [0.15, 0.2) is 5.78 Å². The third-order valence-electron chi connectivity index (χ3n) is 5.74. The van der Waals surface area contributed by atoms with Gasteiger partial charge in [-0.05, 0) is 35.8 Å². The summed E-state index contributed by atoms with van der Waals surface area (Å²) in [6.07, 6.45) is 5.82. The van der Waals surface area contributed by atoms with Crippen molar-refractivity contribution in [3.8, 4) is 0 Å². The Morgan fingerprint density at radius 3 is 2.31 bits per heavy atom. The number of thiocarbonyl (C=S) groups is 1. The minimum absolute atomic E-state index is 0.0318. The van der Waals surface area contributed by atoms with Crippen LogP contribution in [-0.2, 0) is 11.2 Å². The molecule has 1 unspecified atom stereocenters. The molecule has 1 heterocycles. The number of carboxylic acid groups (broad SMARTS) is 1. The van der Waals surface area contributed by atoms with Gasteiger partial charge < -0.3 is 10.0 Å². The van der Waals surface area contributed by atoms with Gasteiger partial charge in [-0.3, -0.25) is 4.79 Å². The summed E-state index contributed by atoms with van der Waals surface area (Å²) in [5.74, 6) is -0.912. The second kappa shape index (κ2) is 11.3. The lowest BCUT2D eigenvalue weighted by molar-refractivity contribution is -0.141. The van der Waals surface area contributed by atoms with E-state index in [0.29, 0.717) is 22.8 Å². The third-order valence-corrected chi connectivity index (χ3v) is 7.14. The van der Waals surface area contributed by atoms with E-state index in [1.54, 1.807) is 17.1 Å². The first-order valence-corrected chi connectivity index (χ1v) is 12.5. The molecule has 1 aliphatic rings. The Labute approximate surface area is 215 Å². The lowest BCUT2D eigenvalue weighted by atomic mass is 10.0. The average molecular weight is 500 g/mol. The fraction of sp³-hybridized carbons (Fsp3) is 0.138. The van der Waals surface area contributed by atoms with Gasteiger partial charge in [0.05, 0.1) is 6.54 Å². The summed E-state index contributed by atoms with van der Waals surface area (Å²) in [7, 11) is 0. The number of nitrogens with zero attached hydrogens (tertiary/aromatic N) is 1. The van der Waals surface area contributed by atoms with E-state index in [4.69, 9.17) is 12.2 Å². The number of benzene rings is 3. The molecule has 0 radical (unpaired) electrons. The predicted molar refractivity (Wildman–Crippen MR) is 147 cm³/mol. The average Bonchev–Trinajstić information content (AvgIpc) is 3.22. The number of aryl methyl sites for hydroxylation is 1. The predicted octanol–water partition coefficient (Wildman–Crippen LogP) is 6.26. The first-order chi connectivity index (χ1) is 16.9. The molecule has 1 aliphatic heterocycles. The number of aliphatic carboxylic acids is 1. The van der Waals surface area contributed by atoms with Crippen LogP contribution in [0.15, 0.2) is 89.8 Å². The molecule has 1 saturated heterocycles.